The van der Waals surface area contributed by atoms with Crippen LogP contribution in [-0.2, 0) is 16.0 Å². The predicted octanol–water partition coefficient (Wildman–Crippen LogP) is 1.20. The Hall–Kier alpha value is -2.67. The Bertz CT molecular complexity index is 756. The maximum absolute atomic E-state index is 12.5. The Morgan fingerprint density at radius 2 is 1.70 bits per heavy atom. The molecule has 1 aromatic heterocycles. The Morgan fingerprint density at radius 1 is 0.963 bits per heavy atom. The first kappa shape index (κ1) is 17.7. The van der Waals surface area contributed by atoms with E-state index in [1.54, 1.807) is 0 Å². The highest BCUT2D eigenvalue weighted by Crippen LogP contribution is 2.21. The van der Waals surface area contributed by atoms with Crippen molar-refractivity contribution < 1.29 is 9.53 Å². The molecule has 2 saturated heterocycles. The van der Waals surface area contributed by atoms with Crippen LogP contribution in [-0.4, -0.2) is 73.5 Å². The largest absolute Gasteiger partial charge is 0.378 e. The first-order valence-electron chi connectivity index (χ1n) is 9.52. The quantitative estimate of drug-likeness (QED) is 0.809. The van der Waals surface area contributed by atoms with Crippen LogP contribution in [0.4, 0.5) is 11.5 Å². The molecule has 0 saturated carbocycles. The molecular weight excluding hydrogens is 342 g/mol. The zero-order valence-corrected chi connectivity index (χ0v) is 15.5. The molecule has 0 unspecified atom stereocenters. The number of amides is 1. The fourth-order valence-corrected chi connectivity index (χ4v) is 3.56. The molecule has 7 heteroatoms. The number of morpholine rings is 1. The van der Waals surface area contributed by atoms with Crippen molar-refractivity contribution in [2.45, 2.75) is 6.42 Å². The number of carbonyl (C=O) groups excluding carboxylic acids is 1. The summed E-state index contributed by atoms with van der Waals surface area (Å²) in [6.07, 6.45) is 2.28. The normalized spacial score (nSPS) is 17.9. The van der Waals surface area contributed by atoms with Crippen LogP contribution in [0.3, 0.4) is 0 Å². The zero-order chi connectivity index (χ0) is 18.5. The van der Waals surface area contributed by atoms with E-state index in [-0.39, 0.29) is 5.91 Å². The summed E-state index contributed by atoms with van der Waals surface area (Å²) in [5.41, 5.74) is 2.14. The van der Waals surface area contributed by atoms with E-state index in [1.807, 2.05) is 41.4 Å². The van der Waals surface area contributed by atoms with E-state index in [0.29, 0.717) is 6.42 Å². The van der Waals surface area contributed by atoms with Gasteiger partial charge in [-0.05, 0) is 5.56 Å². The first-order valence-corrected chi connectivity index (χ1v) is 9.52. The third-order valence-corrected chi connectivity index (χ3v) is 5.16. The minimum absolute atomic E-state index is 0.197. The maximum Gasteiger partial charge on any atom is 0.227 e. The number of hydrogen-bond donors (Lipinski definition) is 0. The molecule has 3 heterocycles. The second kappa shape index (κ2) is 8.35. The summed E-state index contributed by atoms with van der Waals surface area (Å²) in [6, 6.07) is 12.0. The molecule has 7 nitrogen and oxygen atoms in total. The standard InChI is InChI=1S/C20H25N5O2/c26-20(14-17-4-2-1-3-5-17)25-8-6-23(7-9-25)18-15-19(22-21-16-18)24-10-12-27-13-11-24/h1-5,15-16H,6-14H2. The number of carbonyl (C=O) groups is 1. The monoisotopic (exact) mass is 367 g/mol. The topological polar surface area (TPSA) is 61.8 Å². The molecule has 2 aromatic rings. The molecule has 2 fully saturated rings. The molecule has 4 rings (SSSR count). The summed E-state index contributed by atoms with van der Waals surface area (Å²) in [5.74, 6) is 1.10. The highest BCUT2D eigenvalue weighted by molar-refractivity contribution is 5.79. The van der Waals surface area contributed by atoms with Crippen LogP contribution < -0.4 is 9.80 Å². The number of piperazine rings is 1. The fraction of sp³-hybridized carbons (Fsp3) is 0.450. The van der Waals surface area contributed by atoms with Gasteiger partial charge in [0, 0.05) is 45.3 Å². The lowest BCUT2D eigenvalue weighted by atomic mass is 10.1. The summed E-state index contributed by atoms with van der Waals surface area (Å²) >= 11 is 0. The third kappa shape index (κ3) is 4.36. The van der Waals surface area contributed by atoms with Gasteiger partial charge >= 0.3 is 0 Å². The van der Waals surface area contributed by atoms with Crippen molar-refractivity contribution in [3.05, 3.63) is 48.2 Å². The van der Waals surface area contributed by atoms with Crippen LogP contribution in [0.1, 0.15) is 5.56 Å². The first-order chi connectivity index (χ1) is 13.3. The summed E-state index contributed by atoms with van der Waals surface area (Å²) in [5, 5.41) is 8.47. The molecule has 142 valence electrons. The van der Waals surface area contributed by atoms with Gasteiger partial charge in [-0.25, -0.2) is 0 Å². The number of hydrogen-bond acceptors (Lipinski definition) is 6. The average Bonchev–Trinajstić information content (AvgIpc) is 2.75. The molecule has 2 aliphatic heterocycles. The molecule has 0 aliphatic carbocycles. The van der Waals surface area contributed by atoms with Gasteiger partial charge in [-0.15, -0.1) is 5.10 Å². The van der Waals surface area contributed by atoms with Crippen LogP contribution >= 0.6 is 0 Å². The molecular formula is C20H25N5O2. The summed E-state index contributed by atoms with van der Waals surface area (Å²) in [6.45, 7) is 6.26. The second-order valence-electron chi connectivity index (χ2n) is 6.90. The van der Waals surface area contributed by atoms with Crippen LogP contribution in [0, 0.1) is 0 Å². The van der Waals surface area contributed by atoms with Gasteiger partial charge in [-0.1, -0.05) is 30.3 Å². The van der Waals surface area contributed by atoms with Gasteiger partial charge in [0.15, 0.2) is 5.82 Å². The van der Waals surface area contributed by atoms with Crippen LogP contribution in [0.5, 0.6) is 0 Å². The molecule has 1 amide bonds. The van der Waals surface area contributed by atoms with Crippen LogP contribution in [0.2, 0.25) is 0 Å². The minimum atomic E-state index is 0.197. The Balaban J connectivity index is 1.34. The second-order valence-corrected chi connectivity index (χ2v) is 6.90. The van der Waals surface area contributed by atoms with Crippen LogP contribution in [0.15, 0.2) is 42.6 Å². The Kier molecular flexibility index (Phi) is 5.48. The highest BCUT2D eigenvalue weighted by atomic mass is 16.5. The SMILES string of the molecule is O=C(Cc1ccccc1)N1CCN(c2cnnc(N3CCOCC3)c2)CC1. The summed E-state index contributed by atoms with van der Waals surface area (Å²) in [7, 11) is 0. The molecule has 27 heavy (non-hydrogen) atoms. The van der Waals surface area contributed by atoms with Crippen molar-refractivity contribution in [2.75, 3.05) is 62.3 Å². The van der Waals surface area contributed by atoms with Gasteiger partial charge in [0.1, 0.15) is 0 Å². The van der Waals surface area contributed by atoms with Gasteiger partial charge in [0.05, 0.1) is 31.5 Å². The molecule has 0 atom stereocenters. The van der Waals surface area contributed by atoms with Gasteiger partial charge < -0.3 is 19.4 Å². The number of benzene rings is 1. The molecule has 0 N–H and O–H groups in total. The number of anilines is 2. The van der Waals surface area contributed by atoms with Crippen molar-refractivity contribution in [3.63, 3.8) is 0 Å². The predicted molar refractivity (Wildman–Crippen MR) is 104 cm³/mol. The van der Waals surface area contributed by atoms with E-state index in [9.17, 15) is 4.79 Å². The Labute approximate surface area is 159 Å². The third-order valence-electron chi connectivity index (χ3n) is 5.16. The highest BCUT2D eigenvalue weighted by Gasteiger charge is 2.22. The van der Waals surface area contributed by atoms with Gasteiger partial charge in [0.2, 0.25) is 5.91 Å². The summed E-state index contributed by atoms with van der Waals surface area (Å²) in [4.78, 5) is 19.0. The zero-order valence-electron chi connectivity index (χ0n) is 15.5. The molecule has 1 aromatic carbocycles. The van der Waals surface area contributed by atoms with Crippen molar-refractivity contribution in [1.82, 2.24) is 15.1 Å². The van der Waals surface area contributed by atoms with Gasteiger partial charge in [-0.3, -0.25) is 4.79 Å². The van der Waals surface area contributed by atoms with E-state index < -0.39 is 0 Å². The maximum atomic E-state index is 12.5. The molecule has 2 aliphatic rings. The van der Waals surface area contributed by atoms with E-state index in [2.05, 4.69) is 26.1 Å². The lowest BCUT2D eigenvalue weighted by Crippen LogP contribution is -2.49. The number of ether oxygens (including phenoxy) is 1. The van der Waals surface area contributed by atoms with E-state index in [4.69, 9.17) is 4.74 Å². The van der Waals surface area contributed by atoms with E-state index >= 15 is 0 Å². The molecule has 0 radical (unpaired) electrons. The van der Waals surface area contributed by atoms with Crippen molar-refractivity contribution >= 4 is 17.4 Å². The Morgan fingerprint density at radius 3 is 2.44 bits per heavy atom. The van der Waals surface area contributed by atoms with Gasteiger partial charge in [-0.2, -0.15) is 5.10 Å². The number of rotatable bonds is 4. The average molecular weight is 367 g/mol. The van der Waals surface area contributed by atoms with Crippen molar-refractivity contribution in [1.29, 1.82) is 0 Å². The fourth-order valence-electron chi connectivity index (χ4n) is 3.56. The number of aromatic nitrogens is 2. The smallest absolute Gasteiger partial charge is 0.227 e. The minimum Gasteiger partial charge on any atom is -0.378 e. The molecule has 0 spiro atoms. The van der Waals surface area contributed by atoms with Crippen LogP contribution in [0.25, 0.3) is 0 Å². The van der Waals surface area contributed by atoms with Gasteiger partial charge in [0.25, 0.3) is 0 Å². The van der Waals surface area contributed by atoms with E-state index in [0.717, 1.165) is 69.6 Å². The van der Waals surface area contributed by atoms with E-state index in [1.165, 1.54) is 0 Å². The van der Waals surface area contributed by atoms with Crippen molar-refractivity contribution in [3.8, 4) is 0 Å². The lowest BCUT2D eigenvalue weighted by molar-refractivity contribution is -0.130. The molecule has 0 bridgehead atoms. The van der Waals surface area contributed by atoms with Crippen molar-refractivity contribution in [2.24, 2.45) is 0 Å². The number of nitrogens with zero attached hydrogens (tertiary/aromatic N) is 5. The lowest BCUT2D eigenvalue weighted by Gasteiger charge is -2.36. The summed E-state index contributed by atoms with van der Waals surface area (Å²) < 4.78 is 5.41.